The molecule has 0 bridgehead atoms. The molecule has 0 aliphatic heterocycles. The van der Waals surface area contributed by atoms with Gasteiger partial charge in [0, 0.05) is 29.8 Å². The smallest absolute Gasteiger partial charge is 0.0378 e. The largest absolute Gasteiger partial charge is 0.264 e. The lowest BCUT2D eigenvalue weighted by Crippen LogP contribution is -1.83. The zero-order valence-corrected chi connectivity index (χ0v) is 7.44. The summed E-state index contributed by atoms with van der Waals surface area (Å²) in [7, 11) is 0. The highest BCUT2D eigenvalue weighted by atomic mass is 14.7. The summed E-state index contributed by atoms with van der Waals surface area (Å²) in [6.07, 6.45) is 5.45. The Hall–Kier alpha value is -1.70. The lowest BCUT2D eigenvalue weighted by atomic mass is 10.1. The van der Waals surface area contributed by atoms with E-state index in [9.17, 15) is 0 Å². The second-order valence-corrected chi connectivity index (χ2v) is 2.93. The van der Waals surface area contributed by atoms with Crippen LogP contribution in [0.2, 0.25) is 0 Å². The quantitative estimate of drug-likeness (QED) is 0.657. The molecule has 2 heterocycles. The lowest BCUT2D eigenvalue weighted by molar-refractivity contribution is 1.20. The van der Waals surface area contributed by atoms with Crippen molar-refractivity contribution >= 4 is 0 Å². The van der Waals surface area contributed by atoms with Gasteiger partial charge in [-0.1, -0.05) is 6.07 Å². The summed E-state index contributed by atoms with van der Waals surface area (Å²) in [4.78, 5) is 8.22. The SMILES string of the molecule is Cc1cc(-c2cccnc2)ccn1. The number of aryl methyl sites for hydroxylation is 1. The van der Waals surface area contributed by atoms with Crippen molar-refractivity contribution in [2.24, 2.45) is 0 Å². The van der Waals surface area contributed by atoms with E-state index >= 15 is 0 Å². The summed E-state index contributed by atoms with van der Waals surface area (Å²) >= 11 is 0. The number of pyridine rings is 2. The first-order chi connectivity index (χ1) is 6.36. The molecular weight excluding hydrogens is 160 g/mol. The molecule has 0 radical (unpaired) electrons. The minimum Gasteiger partial charge on any atom is -0.264 e. The molecule has 0 N–H and O–H groups in total. The van der Waals surface area contributed by atoms with Gasteiger partial charge in [0.25, 0.3) is 0 Å². The van der Waals surface area contributed by atoms with Gasteiger partial charge in [-0.2, -0.15) is 0 Å². The molecule has 64 valence electrons. The summed E-state index contributed by atoms with van der Waals surface area (Å²) in [5, 5.41) is 0. The van der Waals surface area contributed by atoms with E-state index < -0.39 is 0 Å². The third kappa shape index (κ3) is 1.72. The van der Waals surface area contributed by atoms with E-state index in [4.69, 9.17) is 0 Å². The van der Waals surface area contributed by atoms with Crippen molar-refractivity contribution in [3.8, 4) is 11.1 Å². The monoisotopic (exact) mass is 170 g/mol. The molecule has 0 aliphatic rings. The van der Waals surface area contributed by atoms with Gasteiger partial charge in [0.05, 0.1) is 0 Å². The van der Waals surface area contributed by atoms with Gasteiger partial charge in [-0.05, 0) is 30.7 Å². The molecule has 0 fully saturated rings. The summed E-state index contributed by atoms with van der Waals surface area (Å²) < 4.78 is 0. The molecular formula is C11H10N2. The summed E-state index contributed by atoms with van der Waals surface area (Å²) in [6.45, 7) is 1.99. The van der Waals surface area contributed by atoms with Gasteiger partial charge in [-0.25, -0.2) is 0 Å². The molecule has 0 spiro atoms. The van der Waals surface area contributed by atoms with Crippen LogP contribution in [0.3, 0.4) is 0 Å². The van der Waals surface area contributed by atoms with E-state index in [0.717, 1.165) is 11.3 Å². The highest BCUT2D eigenvalue weighted by Gasteiger charge is 1.96. The van der Waals surface area contributed by atoms with Gasteiger partial charge >= 0.3 is 0 Å². The Bertz CT molecular complexity index is 396. The normalized spacial score (nSPS) is 9.92. The average molecular weight is 170 g/mol. The number of aromatic nitrogens is 2. The fourth-order valence-electron chi connectivity index (χ4n) is 1.26. The predicted octanol–water partition coefficient (Wildman–Crippen LogP) is 2.45. The second kappa shape index (κ2) is 3.35. The Morgan fingerprint density at radius 2 is 2.00 bits per heavy atom. The third-order valence-corrected chi connectivity index (χ3v) is 1.89. The van der Waals surface area contributed by atoms with E-state index in [1.165, 1.54) is 5.56 Å². The van der Waals surface area contributed by atoms with Gasteiger partial charge in [0.2, 0.25) is 0 Å². The van der Waals surface area contributed by atoms with E-state index in [1.807, 2.05) is 37.5 Å². The van der Waals surface area contributed by atoms with Crippen LogP contribution in [-0.4, -0.2) is 9.97 Å². The third-order valence-electron chi connectivity index (χ3n) is 1.89. The highest BCUT2D eigenvalue weighted by Crippen LogP contribution is 2.17. The van der Waals surface area contributed by atoms with E-state index in [2.05, 4.69) is 16.0 Å². The van der Waals surface area contributed by atoms with Crippen LogP contribution in [0, 0.1) is 6.92 Å². The Labute approximate surface area is 77.3 Å². The zero-order chi connectivity index (χ0) is 9.10. The highest BCUT2D eigenvalue weighted by molar-refractivity contribution is 5.61. The number of hydrogen-bond acceptors (Lipinski definition) is 2. The van der Waals surface area contributed by atoms with Crippen molar-refractivity contribution in [2.75, 3.05) is 0 Å². The van der Waals surface area contributed by atoms with E-state index in [-0.39, 0.29) is 0 Å². The van der Waals surface area contributed by atoms with Crippen LogP contribution >= 0.6 is 0 Å². The standard InChI is InChI=1S/C11H10N2/c1-9-7-10(4-6-13-9)11-3-2-5-12-8-11/h2-8H,1H3. The van der Waals surface area contributed by atoms with Crippen molar-refractivity contribution in [3.63, 3.8) is 0 Å². The number of nitrogens with zero attached hydrogens (tertiary/aromatic N) is 2. The minimum absolute atomic E-state index is 1.03. The molecule has 2 aromatic heterocycles. The second-order valence-electron chi connectivity index (χ2n) is 2.93. The molecule has 0 saturated carbocycles. The number of hydrogen-bond donors (Lipinski definition) is 0. The molecule has 0 amide bonds. The molecule has 0 aliphatic carbocycles. The molecule has 2 rings (SSSR count). The minimum atomic E-state index is 1.03. The Morgan fingerprint density at radius 3 is 2.69 bits per heavy atom. The van der Waals surface area contributed by atoms with Crippen LogP contribution in [0.4, 0.5) is 0 Å². The van der Waals surface area contributed by atoms with Crippen molar-refractivity contribution in [2.45, 2.75) is 6.92 Å². The summed E-state index contributed by atoms with van der Waals surface area (Å²) in [5.74, 6) is 0. The first kappa shape index (κ1) is 7.92. The van der Waals surface area contributed by atoms with Gasteiger partial charge in [0.15, 0.2) is 0 Å². The molecule has 0 aromatic carbocycles. The Kier molecular flexibility index (Phi) is 2.04. The van der Waals surface area contributed by atoms with Gasteiger partial charge in [0.1, 0.15) is 0 Å². The summed E-state index contributed by atoms with van der Waals surface area (Å²) in [5.41, 5.74) is 3.33. The molecule has 2 heteroatoms. The van der Waals surface area contributed by atoms with Gasteiger partial charge in [-0.3, -0.25) is 9.97 Å². The molecule has 13 heavy (non-hydrogen) atoms. The van der Waals surface area contributed by atoms with Crippen molar-refractivity contribution in [1.29, 1.82) is 0 Å². The zero-order valence-electron chi connectivity index (χ0n) is 7.44. The van der Waals surface area contributed by atoms with Crippen LogP contribution in [0.15, 0.2) is 42.9 Å². The Morgan fingerprint density at radius 1 is 1.08 bits per heavy atom. The molecule has 0 saturated heterocycles. The average Bonchev–Trinajstić information content (AvgIpc) is 2.19. The Balaban J connectivity index is 2.48. The van der Waals surface area contributed by atoms with E-state index in [1.54, 1.807) is 6.20 Å². The topological polar surface area (TPSA) is 25.8 Å². The van der Waals surface area contributed by atoms with Crippen LogP contribution in [0.1, 0.15) is 5.69 Å². The molecule has 0 atom stereocenters. The fourth-order valence-corrected chi connectivity index (χ4v) is 1.26. The van der Waals surface area contributed by atoms with Crippen LogP contribution in [0.25, 0.3) is 11.1 Å². The maximum absolute atomic E-state index is 4.14. The first-order valence-corrected chi connectivity index (χ1v) is 4.19. The van der Waals surface area contributed by atoms with E-state index in [0.29, 0.717) is 0 Å². The molecule has 2 aromatic rings. The number of rotatable bonds is 1. The van der Waals surface area contributed by atoms with Crippen molar-refractivity contribution in [3.05, 3.63) is 48.5 Å². The van der Waals surface area contributed by atoms with Gasteiger partial charge in [-0.15, -0.1) is 0 Å². The fraction of sp³-hybridized carbons (Fsp3) is 0.0909. The van der Waals surface area contributed by atoms with Crippen LogP contribution in [0.5, 0.6) is 0 Å². The van der Waals surface area contributed by atoms with Crippen molar-refractivity contribution in [1.82, 2.24) is 9.97 Å². The maximum Gasteiger partial charge on any atom is 0.0378 e. The summed E-state index contributed by atoms with van der Waals surface area (Å²) in [6, 6.07) is 8.02. The van der Waals surface area contributed by atoms with Gasteiger partial charge < -0.3 is 0 Å². The lowest BCUT2D eigenvalue weighted by Gasteiger charge is -2.00. The molecule has 2 nitrogen and oxygen atoms in total. The van der Waals surface area contributed by atoms with Crippen LogP contribution in [-0.2, 0) is 0 Å². The maximum atomic E-state index is 4.14. The molecule has 0 unspecified atom stereocenters. The predicted molar refractivity (Wildman–Crippen MR) is 52.2 cm³/mol. The van der Waals surface area contributed by atoms with Crippen LogP contribution < -0.4 is 0 Å². The first-order valence-electron chi connectivity index (χ1n) is 4.19. The van der Waals surface area contributed by atoms with Crippen molar-refractivity contribution < 1.29 is 0 Å².